The summed E-state index contributed by atoms with van der Waals surface area (Å²) in [6.45, 7) is 1.23. The fourth-order valence-corrected chi connectivity index (χ4v) is 2.09. The van der Waals surface area contributed by atoms with E-state index < -0.39 is 11.6 Å². The first-order chi connectivity index (χ1) is 8.56. The molecule has 0 aliphatic carbocycles. The molecule has 0 bridgehead atoms. The van der Waals surface area contributed by atoms with Gasteiger partial charge in [0.25, 0.3) is 0 Å². The molecule has 1 amide bonds. The van der Waals surface area contributed by atoms with Crippen molar-refractivity contribution in [2.75, 3.05) is 13.1 Å². The van der Waals surface area contributed by atoms with Crippen molar-refractivity contribution >= 4 is 5.91 Å². The number of nitrogens with two attached hydrogens (primary N) is 1. The van der Waals surface area contributed by atoms with Gasteiger partial charge in [-0.3, -0.25) is 4.79 Å². The fourth-order valence-electron chi connectivity index (χ4n) is 2.09. The van der Waals surface area contributed by atoms with Crippen LogP contribution in [0.25, 0.3) is 0 Å². The summed E-state index contributed by atoms with van der Waals surface area (Å²) in [5, 5.41) is 0. The fraction of sp³-hybridized carbons (Fsp3) is 0.462. The van der Waals surface area contributed by atoms with Gasteiger partial charge in [-0.1, -0.05) is 6.07 Å². The van der Waals surface area contributed by atoms with Crippen LogP contribution in [0.1, 0.15) is 18.4 Å². The van der Waals surface area contributed by atoms with Gasteiger partial charge in [0.15, 0.2) is 0 Å². The summed E-state index contributed by atoms with van der Waals surface area (Å²) in [5.41, 5.74) is 5.98. The lowest BCUT2D eigenvalue weighted by molar-refractivity contribution is -0.131. The Morgan fingerprint density at radius 1 is 1.33 bits per heavy atom. The van der Waals surface area contributed by atoms with E-state index in [2.05, 4.69) is 0 Å². The number of nitrogens with zero attached hydrogens (tertiary/aromatic N) is 1. The predicted molar refractivity (Wildman–Crippen MR) is 63.9 cm³/mol. The number of halogens is 2. The Morgan fingerprint density at radius 3 is 2.61 bits per heavy atom. The van der Waals surface area contributed by atoms with Crippen LogP contribution < -0.4 is 5.73 Å². The van der Waals surface area contributed by atoms with E-state index in [0.29, 0.717) is 13.1 Å². The van der Waals surface area contributed by atoms with E-state index in [9.17, 15) is 13.6 Å². The first-order valence-electron chi connectivity index (χ1n) is 6.03. The average Bonchev–Trinajstić information content (AvgIpc) is 2.33. The monoisotopic (exact) mass is 254 g/mol. The van der Waals surface area contributed by atoms with Crippen LogP contribution in [-0.4, -0.2) is 29.9 Å². The van der Waals surface area contributed by atoms with Crippen LogP contribution in [0.15, 0.2) is 18.2 Å². The van der Waals surface area contributed by atoms with Crippen molar-refractivity contribution in [3.63, 3.8) is 0 Å². The highest BCUT2D eigenvalue weighted by Crippen LogP contribution is 2.14. The minimum absolute atomic E-state index is 0.0264. The van der Waals surface area contributed by atoms with Crippen molar-refractivity contribution in [2.24, 2.45) is 5.73 Å². The molecule has 2 rings (SSSR count). The summed E-state index contributed by atoms with van der Waals surface area (Å²) >= 11 is 0. The lowest BCUT2D eigenvalue weighted by atomic mass is 10.0. The Hall–Kier alpha value is -1.49. The van der Waals surface area contributed by atoms with Crippen molar-refractivity contribution in [1.82, 2.24) is 4.90 Å². The molecule has 1 fully saturated rings. The van der Waals surface area contributed by atoms with E-state index in [4.69, 9.17) is 5.73 Å². The van der Waals surface area contributed by atoms with E-state index in [0.717, 1.165) is 25.0 Å². The lowest BCUT2D eigenvalue weighted by Gasteiger charge is -2.30. The number of carbonyl (C=O) groups is 1. The van der Waals surface area contributed by atoms with Gasteiger partial charge < -0.3 is 10.6 Å². The Labute approximate surface area is 105 Å². The van der Waals surface area contributed by atoms with Gasteiger partial charge in [0, 0.05) is 25.2 Å². The minimum atomic E-state index is -0.669. The van der Waals surface area contributed by atoms with Gasteiger partial charge in [0.05, 0.1) is 6.42 Å². The van der Waals surface area contributed by atoms with Gasteiger partial charge in [-0.15, -0.1) is 0 Å². The maximum Gasteiger partial charge on any atom is 0.227 e. The van der Waals surface area contributed by atoms with E-state index in [1.54, 1.807) is 4.90 Å². The number of rotatable bonds is 2. The molecule has 1 aliphatic rings. The van der Waals surface area contributed by atoms with Gasteiger partial charge in [0.1, 0.15) is 11.6 Å². The summed E-state index contributed by atoms with van der Waals surface area (Å²) in [5.74, 6) is -1.43. The quantitative estimate of drug-likeness (QED) is 0.868. The van der Waals surface area contributed by atoms with Gasteiger partial charge in [-0.2, -0.15) is 0 Å². The number of piperidine rings is 1. The molecule has 0 radical (unpaired) electrons. The number of hydrogen-bond donors (Lipinski definition) is 1. The SMILES string of the molecule is NC1CCN(C(=O)Cc2ccc(F)cc2F)CC1. The second-order valence-corrected chi connectivity index (χ2v) is 4.63. The second-order valence-electron chi connectivity index (χ2n) is 4.63. The van der Waals surface area contributed by atoms with Crippen molar-refractivity contribution in [1.29, 1.82) is 0 Å². The molecule has 98 valence electrons. The average molecular weight is 254 g/mol. The zero-order valence-corrected chi connectivity index (χ0v) is 10.0. The molecule has 5 heteroatoms. The summed E-state index contributed by atoms with van der Waals surface area (Å²) < 4.78 is 26.1. The first-order valence-corrected chi connectivity index (χ1v) is 6.03. The molecular formula is C13H16F2N2O. The molecule has 0 atom stereocenters. The Kier molecular flexibility index (Phi) is 3.91. The van der Waals surface area contributed by atoms with Crippen LogP contribution in [0.4, 0.5) is 8.78 Å². The number of likely N-dealkylation sites (tertiary alicyclic amines) is 1. The number of amides is 1. The molecule has 0 unspecified atom stereocenters. The van der Waals surface area contributed by atoms with Gasteiger partial charge in [0.2, 0.25) is 5.91 Å². The van der Waals surface area contributed by atoms with E-state index in [-0.39, 0.29) is 23.9 Å². The second kappa shape index (κ2) is 5.44. The topological polar surface area (TPSA) is 46.3 Å². The first kappa shape index (κ1) is 13.0. The Balaban J connectivity index is 1.98. The maximum atomic E-state index is 13.4. The molecule has 0 aromatic heterocycles. The summed E-state index contributed by atoms with van der Waals surface area (Å²) in [6, 6.07) is 3.43. The third-order valence-corrected chi connectivity index (χ3v) is 3.25. The number of carbonyl (C=O) groups excluding carboxylic acids is 1. The highest BCUT2D eigenvalue weighted by molar-refractivity contribution is 5.78. The van der Waals surface area contributed by atoms with Crippen molar-refractivity contribution < 1.29 is 13.6 Å². The van der Waals surface area contributed by atoms with Gasteiger partial charge in [-0.25, -0.2) is 8.78 Å². The van der Waals surface area contributed by atoms with Crippen molar-refractivity contribution in [3.8, 4) is 0 Å². The van der Waals surface area contributed by atoms with Crippen LogP contribution in [0.2, 0.25) is 0 Å². The zero-order chi connectivity index (χ0) is 13.1. The van der Waals surface area contributed by atoms with Gasteiger partial charge in [-0.05, 0) is 24.5 Å². The Morgan fingerprint density at radius 2 is 2.00 bits per heavy atom. The highest BCUT2D eigenvalue weighted by Gasteiger charge is 2.21. The molecule has 0 saturated carbocycles. The van der Waals surface area contributed by atoms with Crippen molar-refractivity contribution in [3.05, 3.63) is 35.4 Å². The van der Waals surface area contributed by atoms with Crippen LogP contribution in [0.5, 0.6) is 0 Å². The Bertz CT molecular complexity index is 443. The smallest absolute Gasteiger partial charge is 0.227 e. The van der Waals surface area contributed by atoms with Crippen LogP contribution in [0, 0.1) is 11.6 Å². The highest BCUT2D eigenvalue weighted by atomic mass is 19.1. The standard InChI is InChI=1S/C13H16F2N2O/c14-10-2-1-9(12(15)8-10)7-13(18)17-5-3-11(16)4-6-17/h1-2,8,11H,3-7,16H2. The molecule has 1 heterocycles. The molecule has 1 saturated heterocycles. The minimum Gasteiger partial charge on any atom is -0.342 e. The molecule has 1 aliphatic heterocycles. The van der Waals surface area contributed by atoms with Crippen LogP contribution >= 0.6 is 0 Å². The molecule has 1 aromatic rings. The van der Waals surface area contributed by atoms with E-state index in [1.807, 2.05) is 0 Å². The number of hydrogen-bond acceptors (Lipinski definition) is 2. The molecule has 3 nitrogen and oxygen atoms in total. The molecular weight excluding hydrogens is 238 g/mol. The summed E-state index contributed by atoms with van der Waals surface area (Å²) in [7, 11) is 0. The predicted octanol–water partition coefficient (Wildman–Crippen LogP) is 1.46. The van der Waals surface area contributed by atoms with E-state index in [1.165, 1.54) is 6.07 Å². The van der Waals surface area contributed by atoms with Gasteiger partial charge >= 0.3 is 0 Å². The van der Waals surface area contributed by atoms with Crippen LogP contribution in [-0.2, 0) is 11.2 Å². The third kappa shape index (κ3) is 3.04. The zero-order valence-electron chi connectivity index (χ0n) is 10.0. The maximum absolute atomic E-state index is 13.4. The molecule has 1 aromatic carbocycles. The normalized spacial score (nSPS) is 16.9. The van der Waals surface area contributed by atoms with Crippen molar-refractivity contribution in [2.45, 2.75) is 25.3 Å². The molecule has 0 spiro atoms. The van der Waals surface area contributed by atoms with E-state index >= 15 is 0 Å². The molecule has 18 heavy (non-hydrogen) atoms. The number of benzene rings is 1. The summed E-state index contributed by atoms with van der Waals surface area (Å²) in [4.78, 5) is 13.6. The van der Waals surface area contributed by atoms with Crippen LogP contribution in [0.3, 0.4) is 0 Å². The lowest BCUT2D eigenvalue weighted by Crippen LogP contribution is -2.43. The third-order valence-electron chi connectivity index (χ3n) is 3.25. The largest absolute Gasteiger partial charge is 0.342 e. The molecule has 2 N–H and O–H groups in total. The summed E-state index contributed by atoms with van der Waals surface area (Å²) in [6.07, 6.45) is 1.52.